The van der Waals surface area contributed by atoms with Gasteiger partial charge in [-0.15, -0.1) is 0 Å². The van der Waals surface area contributed by atoms with E-state index in [2.05, 4.69) is 4.90 Å². The topological polar surface area (TPSA) is 40.5 Å². The molecule has 1 N–H and O–H groups in total. The summed E-state index contributed by atoms with van der Waals surface area (Å²) >= 11 is 6.08. The van der Waals surface area contributed by atoms with Crippen molar-refractivity contribution in [2.24, 2.45) is 5.92 Å². The first kappa shape index (κ1) is 12.8. The summed E-state index contributed by atoms with van der Waals surface area (Å²) < 4.78 is 0. The monoisotopic (exact) mass is 279 g/mol. The van der Waals surface area contributed by atoms with Crippen LogP contribution in [-0.4, -0.2) is 23.7 Å². The van der Waals surface area contributed by atoms with Crippen molar-refractivity contribution < 1.29 is 9.90 Å². The lowest BCUT2D eigenvalue weighted by atomic mass is 9.91. The Kier molecular flexibility index (Phi) is 3.40. The number of hydrogen-bond donors (Lipinski definition) is 1. The fraction of sp³-hybridized carbons (Fsp3) is 0.533. The van der Waals surface area contributed by atoms with E-state index in [1.807, 2.05) is 12.1 Å². The lowest BCUT2D eigenvalue weighted by Gasteiger charge is -2.39. The van der Waals surface area contributed by atoms with E-state index in [1.54, 1.807) is 6.07 Å². The summed E-state index contributed by atoms with van der Waals surface area (Å²) in [4.78, 5) is 13.4. The van der Waals surface area contributed by atoms with E-state index in [0.29, 0.717) is 11.1 Å². The highest BCUT2D eigenvalue weighted by atomic mass is 35.5. The van der Waals surface area contributed by atoms with Crippen molar-refractivity contribution in [1.82, 2.24) is 0 Å². The van der Waals surface area contributed by atoms with Gasteiger partial charge < -0.3 is 10.0 Å². The molecule has 1 aromatic rings. The van der Waals surface area contributed by atoms with Gasteiger partial charge in [-0.25, -0.2) is 4.79 Å². The molecular weight excluding hydrogens is 262 g/mol. The Labute approximate surface area is 118 Å². The molecule has 2 fully saturated rings. The molecule has 0 aromatic heterocycles. The number of carboxylic acids is 1. The number of carboxylic acid groups (broad SMARTS) is 1. The molecule has 3 rings (SSSR count). The molecule has 102 valence electrons. The number of anilines is 1. The average Bonchev–Trinajstić information content (AvgIpc) is 2.86. The van der Waals surface area contributed by atoms with Crippen LogP contribution in [0.5, 0.6) is 0 Å². The second kappa shape index (κ2) is 5.04. The molecule has 0 spiro atoms. The van der Waals surface area contributed by atoms with Gasteiger partial charge in [-0.1, -0.05) is 18.0 Å². The zero-order valence-electron chi connectivity index (χ0n) is 10.8. The van der Waals surface area contributed by atoms with Crippen molar-refractivity contribution in [3.05, 3.63) is 28.8 Å². The lowest BCUT2D eigenvalue weighted by molar-refractivity contribution is 0.0697. The average molecular weight is 280 g/mol. The van der Waals surface area contributed by atoms with Crippen LogP contribution in [0.25, 0.3) is 0 Å². The molecule has 3 nitrogen and oxygen atoms in total. The molecule has 19 heavy (non-hydrogen) atoms. The van der Waals surface area contributed by atoms with Crippen LogP contribution in [0.15, 0.2) is 18.2 Å². The first-order valence-corrected chi connectivity index (χ1v) is 7.34. The van der Waals surface area contributed by atoms with Gasteiger partial charge in [0.1, 0.15) is 0 Å². The van der Waals surface area contributed by atoms with Crippen LogP contribution in [0.3, 0.4) is 0 Å². The molecule has 0 amide bonds. The molecule has 2 unspecified atom stereocenters. The standard InChI is InChI=1S/C15H18ClNO2/c16-13-9-11(6-7-12(13)15(18)19)17-8-2-4-10-3-1-5-14(10)17/h6-7,9-10,14H,1-5,8H2,(H,18,19). The lowest BCUT2D eigenvalue weighted by Crippen LogP contribution is -2.42. The van der Waals surface area contributed by atoms with Gasteiger partial charge >= 0.3 is 5.97 Å². The SMILES string of the molecule is O=C(O)c1ccc(N2CCCC3CCCC32)cc1Cl. The van der Waals surface area contributed by atoms with Crippen LogP contribution >= 0.6 is 11.6 Å². The number of benzene rings is 1. The van der Waals surface area contributed by atoms with Crippen molar-refractivity contribution in [2.45, 2.75) is 38.1 Å². The highest BCUT2D eigenvalue weighted by molar-refractivity contribution is 6.33. The largest absolute Gasteiger partial charge is 0.478 e. The second-order valence-corrected chi connectivity index (χ2v) is 5.97. The van der Waals surface area contributed by atoms with Crippen molar-refractivity contribution in [3.8, 4) is 0 Å². The maximum absolute atomic E-state index is 11.0. The minimum absolute atomic E-state index is 0.186. The Morgan fingerprint density at radius 2 is 2.05 bits per heavy atom. The number of halogens is 1. The van der Waals surface area contributed by atoms with Crippen LogP contribution in [-0.2, 0) is 0 Å². The quantitative estimate of drug-likeness (QED) is 0.895. The molecule has 4 heteroatoms. The molecule has 1 saturated heterocycles. The molecule has 1 heterocycles. The minimum atomic E-state index is -0.964. The minimum Gasteiger partial charge on any atom is -0.478 e. The van der Waals surface area contributed by atoms with Gasteiger partial charge in [0.2, 0.25) is 0 Å². The van der Waals surface area contributed by atoms with Gasteiger partial charge in [-0.2, -0.15) is 0 Å². The Morgan fingerprint density at radius 3 is 2.79 bits per heavy atom. The Bertz CT molecular complexity index is 503. The zero-order chi connectivity index (χ0) is 13.4. The number of nitrogens with zero attached hydrogens (tertiary/aromatic N) is 1. The molecule has 1 aliphatic heterocycles. The fourth-order valence-electron chi connectivity index (χ4n) is 3.63. The maximum atomic E-state index is 11.0. The molecule has 2 aliphatic rings. The van der Waals surface area contributed by atoms with E-state index in [-0.39, 0.29) is 5.56 Å². The number of rotatable bonds is 2. The fourth-order valence-corrected chi connectivity index (χ4v) is 3.89. The van der Waals surface area contributed by atoms with E-state index in [4.69, 9.17) is 16.7 Å². The molecule has 0 bridgehead atoms. The predicted octanol–water partition coefficient (Wildman–Crippen LogP) is 3.81. The van der Waals surface area contributed by atoms with E-state index in [0.717, 1.165) is 18.2 Å². The molecule has 1 saturated carbocycles. The van der Waals surface area contributed by atoms with Gasteiger partial charge in [0.05, 0.1) is 10.6 Å². The Morgan fingerprint density at radius 1 is 1.26 bits per heavy atom. The summed E-state index contributed by atoms with van der Waals surface area (Å²) in [7, 11) is 0. The van der Waals surface area contributed by atoms with Crippen LogP contribution in [0.4, 0.5) is 5.69 Å². The Balaban J connectivity index is 1.89. The van der Waals surface area contributed by atoms with Crippen LogP contribution in [0, 0.1) is 5.92 Å². The summed E-state index contributed by atoms with van der Waals surface area (Å²) in [6.07, 6.45) is 6.46. The highest BCUT2D eigenvalue weighted by Crippen LogP contribution is 2.39. The third kappa shape index (κ3) is 2.32. The van der Waals surface area contributed by atoms with Crippen molar-refractivity contribution in [2.75, 3.05) is 11.4 Å². The van der Waals surface area contributed by atoms with E-state index in [1.165, 1.54) is 32.1 Å². The number of hydrogen-bond acceptors (Lipinski definition) is 2. The number of aromatic carboxylic acids is 1. The summed E-state index contributed by atoms with van der Waals surface area (Å²) in [5.41, 5.74) is 1.26. The number of fused-ring (bicyclic) bond motifs is 1. The first-order chi connectivity index (χ1) is 9.16. The summed E-state index contributed by atoms with van der Waals surface area (Å²) in [6.45, 7) is 1.06. The van der Waals surface area contributed by atoms with Gasteiger partial charge in [0.15, 0.2) is 0 Å². The third-order valence-corrected chi connectivity index (χ3v) is 4.82. The van der Waals surface area contributed by atoms with Crippen LogP contribution in [0.1, 0.15) is 42.5 Å². The van der Waals surface area contributed by atoms with E-state index >= 15 is 0 Å². The maximum Gasteiger partial charge on any atom is 0.337 e. The van der Waals surface area contributed by atoms with Crippen molar-refractivity contribution >= 4 is 23.3 Å². The van der Waals surface area contributed by atoms with Crippen LogP contribution < -0.4 is 4.90 Å². The first-order valence-electron chi connectivity index (χ1n) is 6.96. The number of carbonyl (C=O) groups is 1. The van der Waals surface area contributed by atoms with E-state index < -0.39 is 5.97 Å². The van der Waals surface area contributed by atoms with Gasteiger partial charge in [0.25, 0.3) is 0 Å². The smallest absolute Gasteiger partial charge is 0.337 e. The summed E-state index contributed by atoms with van der Waals surface area (Å²) in [5, 5.41) is 9.36. The van der Waals surface area contributed by atoms with Crippen molar-refractivity contribution in [1.29, 1.82) is 0 Å². The molecule has 2 atom stereocenters. The molecule has 0 radical (unpaired) electrons. The van der Waals surface area contributed by atoms with Gasteiger partial charge in [-0.05, 0) is 49.8 Å². The Hall–Kier alpha value is -1.22. The third-order valence-electron chi connectivity index (χ3n) is 4.51. The molecular formula is C15H18ClNO2. The summed E-state index contributed by atoms with van der Waals surface area (Å²) in [6, 6.07) is 5.96. The number of piperidine rings is 1. The second-order valence-electron chi connectivity index (χ2n) is 5.56. The summed E-state index contributed by atoms with van der Waals surface area (Å²) in [5.74, 6) is -0.152. The highest BCUT2D eigenvalue weighted by Gasteiger charge is 2.35. The normalized spacial score (nSPS) is 26.3. The van der Waals surface area contributed by atoms with Gasteiger partial charge in [0, 0.05) is 18.3 Å². The van der Waals surface area contributed by atoms with Crippen LogP contribution in [0.2, 0.25) is 5.02 Å². The molecule has 1 aromatic carbocycles. The van der Waals surface area contributed by atoms with Gasteiger partial charge in [-0.3, -0.25) is 0 Å². The van der Waals surface area contributed by atoms with E-state index in [9.17, 15) is 4.79 Å². The zero-order valence-corrected chi connectivity index (χ0v) is 11.6. The predicted molar refractivity (Wildman–Crippen MR) is 76.1 cm³/mol. The van der Waals surface area contributed by atoms with Crippen molar-refractivity contribution in [3.63, 3.8) is 0 Å². The molecule has 1 aliphatic carbocycles.